The molecule has 0 spiro atoms. The van der Waals surface area contributed by atoms with Crippen LogP contribution in [0.3, 0.4) is 0 Å². The average molecular weight is 185 g/mol. The van der Waals surface area contributed by atoms with E-state index in [-0.39, 0.29) is 0 Å². The molecule has 0 aromatic heterocycles. The Labute approximate surface area is 82.3 Å². The van der Waals surface area contributed by atoms with Crippen LogP contribution in [0.2, 0.25) is 0 Å². The predicted octanol–water partition coefficient (Wildman–Crippen LogP) is 2.14. The molecule has 2 unspecified atom stereocenters. The minimum absolute atomic E-state index is 0.661. The van der Waals surface area contributed by atoms with Crippen molar-refractivity contribution in [3.05, 3.63) is 0 Å². The van der Waals surface area contributed by atoms with Crippen LogP contribution in [0, 0.1) is 5.92 Å². The second-order valence-corrected chi connectivity index (χ2v) is 4.64. The van der Waals surface area contributed by atoms with Gasteiger partial charge in [0.15, 0.2) is 0 Å². The third-order valence-electron chi connectivity index (χ3n) is 3.09. The van der Waals surface area contributed by atoms with E-state index >= 15 is 0 Å². The van der Waals surface area contributed by atoms with E-state index in [1.54, 1.807) is 7.11 Å². The van der Waals surface area contributed by atoms with Crippen molar-refractivity contribution in [3.63, 3.8) is 0 Å². The molecule has 0 bridgehead atoms. The van der Waals surface area contributed by atoms with E-state index in [4.69, 9.17) is 4.74 Å². The highest BCUT2D eigenvalue weighted by atomic mass is 16.5. The molecule has 0 aromatic rings. The lowest BCUT2D eigenvalue weighted by Gasteiger charge is -2.26. The quantitative estimate of drug-likeness (QED) is 0.665. The number of hydrogen-bond donors (Lipinski definition) is 0. The third kappa shape index (κ3) is 2.96. The highest BCUT2D eigenvalue weighted by Crippen LogP contribution is 2.26. The Bertz CT molecular complexity index is 147. The first-order chi connectivity index (χ1) is 6.15. The van der Waals surface area contributed by atoms with Gasteiger partial charge in [-0.1, -0.05) is 13.8 Å². The molecule has 0 aromatic carbocycles. The molecule has 1 aliphatic rings. The summed E-state index contributed by atoms with van der Waals surface area (Å²) < 4.78 is 5.21. The number of rotatable bonds is 4. The molecular formula is C11H23NO. The minimum atomic E-state index is 0.661. The van der Waals surface area contributed by atoms with Gasteiger partial charge in [0, 0.05) is 19.2 Å². The summed E-state index contributed by atoms with van der Waals surface area (Å²) in [6.07, 6.45) is 3.99. The van der Waals surface area contributed by atoms with E-state index in [2.05, 4.69) is 25.8 Å². The van der Waals surface area contributed by atoms with Crippen LogP contribution in [-0.2, 0) is 4.74 Å². The highest BCUT2D eigenvalue weighted by Gasteiger charge is 2.30. The van der Waals surface area contributed by atoms with Crippen LogP contribution in [0.1, 0.15) is 33.1 Å². The molecule has 2 heteroatoms. The largest absolute Gasteiger partial charge is 0.383 e. The first-order valence-corrected chi connectivity index (χ1v) is 5.36. The zero-order valence-electron chi connectivity index (χ0n) is 9.42. The van der Waals surface area contributed by atoms with Crippen LogP contribution in [0.5, 0.6) is 0 Å². The Morgan fingerprint density at radius 1 is 1.31 bits per heavy atom. The first-order valence-electron chi connectivity index (χ1n) is 5.36. The molecule has 13 heavy (non-hydrogen) atoms. The van der Waals surface area contributed by atoms with Crippen molar-refractivity contribution in [1.82, 2.24) is 4.90 Å². The highest BCUT2D eigenvalue weighted by molar-refractivity contribution is 4.85. The number of ether oxygens (including phenoxy) is 1. The van der Waals surface area contributed by atoms with Crippen LogP contribution in [0.4, 0.5) is 0 Å². The van der Waals surface area contributed by atoms with E-state index in [0.717, 1.165) is 18.6 Å². The molecule has 1 saturated heterocycles. The number of likely N-dealkylation sites (tertiary alicyclic amines) is 1. The van der Waals surface area contributed by atoms with Crippen molar-refractivity contribution in [1.29, 1.82) is 0 Å². The second kappa shape index (κ2) is 4.97. The van der Waals surface area contributed by atoms with E-state index in [0.29, 0.717) is 6.04 Å². The fourth-order valence-electron chi connectivity index (χ4n) is 2.31. The first kappa shape index (κ1) is 11.0. The second-order valence-electron chi connectivity index (χ2n) is 4.64. The number of likely N-dealkylation sites (N-methyl/N-ethyl adjacent to an activating group) is 1. The molecule has 0 N–H and O–H groups in total. The van der Waals surface area contributed by atoms with Crippen molar-refractivity contribution < 1.29 is 4.74 Å². The summed E-state index contributed by atoms with van der Waals surface area (Å²) in [6.45, 7) is 5.50. The standard InChI is InChI=1S/C11H23NO/c1-9(2)7-10-5-6-11(8-13-4)12(10)3/h9-11H,5-8H2,1-4H3. The van der Waals surface area contributed by atoms with Gasteiger partial charge in [0.1, 0.15) is 0 Å². The number of nitrogens with zero attached hydrogens (tertiary/aromatic N) is 1. The summed E-state index contributed by atoms with van der Waals surface area (Å²) >= 11 is 0. The van der Waals surface area contributed by atoms with Gasteiger partial charge in [-0.15, -0.1) is 0 Å². The normalized spacial score (nSPS) is 30.2. The molecular weight excluding hydrogens is 162 g/mol. The van der Waals surface area contributed by atoms with Crippen molar-refractivity contribution in [3.8, 4) is 0 Å². The molecule has 1 heterocycles. The van der Waals surface area contributed by atoms with Gasteiger partial charge < -0.3 is 4.74 Å². The lowest BCUT2D eigenvalue weighted by molar-refractivity contribution is 0.109. The van der Waals surface area contributed by atoms with Crippen molar-refractivity contribution in [2.75, 3.05) is 20.8 Å². The fraction of sp³-hybridized carbons (Fsp3) is 1.00. The van der Waals surface area contributed by atoms with Crippen LogP contribution >= 0.6 is 0 Å². The molecule has 78 valence electrons. The number of hydrogen-bond acceptors (Lipinski definition) is 2. The van der Waals surface area contributed by atoms with Gasteiger partial charge in [-0.2, -0.15) is 0 Å². The van der Waals surface area contributed by atoms with E-state index in [1.807, 2.05) is 0 Å². The van der Waals surface area contributed by atoms with Crippen LogP contribution in [0.25, 0.3) is 0 Å². The van der Waals surface area contributed by atoms with Crippen LogP contribution < -0.4 is 0 Å². The van der Waals surface area contributed by atoms with Gasteiger partial charge in [-0.05, 0) is 32.2 Å². The topological polar surface area (TPSA) is 12.5 Å². The van der Waals surface area contributed by atoms with Crippen LogP contribution in [0.15, 0.2) is 0 Å². The Hall–Kier alpha value is -0.0800. The Kier molecular flexibility index (Phi) is 4.20. The lowest BCUT2D eigenvalue weighted by atomic mass is 10.0. The zero-order valence-corrected chi connectivity index (χ0v) is 9.42. The van der Waals surface area contributed by atoms with E-state index in [1.165, 1.54) is 19.3 Å². The molecule has 0 saturated carbocycles. The summed E-state index contributed by atoms with van der Waals surface area (Å²) in [6, 6.07) is 1.45. The monoisotopic (exact) mass is 185 g/mol. The van der Waals surface area contributed by atoms with E-state index in [9.17, 15) is 0 Å². The SMILES string of the molecule is COCC1CCC(CC(C)C)N1C. The molecule has 0 amide bonds. The summed E-state index contributed by atoms with van der Waals surface area (Å²) in [5.41, 5.74) is 0. The summed E-state index contributed by atoms with van der Waals surface area (Å²) in [7, 11) is 4.04. The van der Waals surface area contributed by atoms with Crippen molar-refractivity contribution in [2.45, 2.75) is 45.2 Å². The average Bonchev–Trinajstić information content (AvgIpc) is 2.36. The maximum absolute atomic E-state index is 5.21. The lowest BCUT2D eigenvalue weighted by Crippen LogP contribution is -2.35. The van der Waals surface area contributed by atoms with Crippen LogP contribution in [-0.4, -0.2) is 37.7 Å². The maximum Gasteiger partial charge on any atom is 0.0618 e. The summed E-state index contributed by atoms with van der Waals surface area (Å²) in [5, 5.41) is 0. The minimum Gasteiger partial charge on any atom is -0.383 e. The van der Waals surface area contributed by atoms with Gasteiger partial charge in [0.2, 0.25) is 0 Å². The predicted molar refractivity (Wildman–Crippen MR) is 55.9 cm³/mol. The van der Waals surface area contributed by atoms with Crippen molar-refractivity contribution >= 4 is 0 Å². The zero-order chi connectivity index (χ0) is 9.84. The Morgan fingerprint density at radius 3 is 2.46 bits per heavy atom. The summed E-state index contributed by atoms with van der Waals surface area (Å²) in [5.74, 6) is 0.814. The molecule has 1 rings (SSSR count). The molecule has 0 radical (unpaired) electrons. The fourth-order valence-corrected chi connectivity index (χ4v) is 2.31. The molecule has 1 aliphatic heterocycles. The van der Waals surface area contributed by atoms with Gasteiger partial charge in [0.25, 0.3) is 0 Å². The molecule has 0 aliphatic carbocycles. The molecule has 2 atom stereocenters. The number of methoxy groups -OCH3 is 1. The maximum atomic E-state index is 5.21. The van der Waals surface area contributed by atoms with Gasteiger partial charge in [-0.3, -0.25) is 4.90 Å². The van der Waals surface area contributed by atoms with Gasteiger partial charge >= 0.3 is 0 Å². The smallest absolute Gasteiger partial charge is 0.0618 e. The Balaban J connectivity index is 2.35. The van der Waals surface area contributed by atoms with E-state index < -0.39 is 0 Å². The third-order valence-corrected chi connectivity index (χ3v) is 3.09. The molecule has 1 fully saturated rings. The Morgan fingerprint density at radius 2 is 1.92 bits per heavy atom. The van der Waals surface area contributed by atoms with Crippen molar-refractivity contribution in [2.24, 2.45) is 5.92 Å². The van der Waals surface area contributed by atoms with Gasteiger partial charge in [-0.25, -0.2) is 0 Å². The summed E-state index contributed by atoms with van der Waals surface area (Å²) in [4.78, 5) is 2.50. The van der Waals surface area contributed by atoms with Gasteiger partial charge in [0.05, 0.1) is 6.61 Å². The molecule has 2 nitrogen and oxygen atoms in total.